The molecule has 4 heteroatoms. The molecule has 0 aliphatic carbocycles. The Morgan fingerprint density at radius 1 is 1.46 bits per heavy atom. The highest BCUT2D eigenvalue weighted by molar-refractivity contribution is 5.99. The zero-order valence-corrected chi connectivity index (χ0v) is 6.69. The summed E-state index contributed by atoms with van der Waals surface area (Å²) in [4.78, 5) is 11.1. The Morgan fingerprint density at radius 3 is 2.69 bits per heavy atom. The van der Waals surface area contributed by atoms with E-state index < -0.39 is 5.78 Å². The van der Waals surface area contributed by atoms with Crippen molar-refractivity contribution in [2.75, 3.05) is 0 Å². The molecule has 0 saturated heterocycles. The van der Waals surface area contributed by atoms with Crippen molar-refractivity contribution in [3.05, 3.63) is 23.8 Å². The fourth-order valence-electron chi connectivity index (χ4n) is 0.923. The van der Waals surface area contributed by atoms with Crippen LogP contribution < -0.4 is 0 Å². The third-order valence-electron chi connectivity index (χ3n) is 1.52. The summed E-state index contributed by atoms with van der Waals surface area (Å²) in [6.45, 7) is 0. The Morgan fingerprint density at radius 2 is 2.15 bits per heavy atom. The predicted molar refractivity (Wildman–Crippen MR) is 44.3 cm³/mol. The molecule has 0 unspecified atom stereocenters. The maximum Gasteiger partial charge on any atom is 0.180 e. The fourth-order valence-corrected chi connectivity index (χ4v) is 0.923. The van der Waals surface area contributed by atoms with Gasteiger partial charge in [0.1, 0.15) is 11.5 Å². The van der Waals surface area contributed by atoms with Crippen molar-refractivity contribution in [3.8, 4) is 17.6 Å². The first-order valence-corrected chi connectivity index (χ1v) is 3.57. The smallest absolute Gasteiger partial charge is 0.180 e. The minimum atomic E-state index is -0.458. The normalized spacial score (nSPS) is 9.15. The summed E-state index contributed by atoms with van der Waals surface area (Å²) in [5.74, 6) is -0.883. The number of hydrogen-bond acceptors (Lipinski definition) is 4. The van der Waals surface area contributed by atoms with E-state index in [1.807, 2.05) is 0 Å². The molecule has 1 aromatic carbocycles. The van der Waals surface area contributed by atoms with Crippen LogP contribution in [0.4, 0.5) is 0 Å². The molecule has 13 heavy (non-hydrogen) atoms. The van der Waals surface area contributed by atoms with Gasteiger partial charge in [0.15, 0.2) is 5.78 Å². The van der Waals surface area contributed by atoms with Crippen molar-refractivity contribution < 1.29 is 15.0 Å². The van der Waals surface area contributed by atoms with Crippen molar-refractivity contribution in [2.24, 2.45) is 0 Å². The van der Waals surface area contributed by atoms with E-state index in [9.17, 15) is 9.90 Å². The monoisotopic (exact) mass is 177 g/mol. The van der Waals surface area contributed by atoms with Crippen LogP contribution in [0.1, 0.15) is 16.8 Å². The maximum absolute atomic E-state index is 11.1. The number of Topliss-reactive ketones (excluding diaryl/α,β-unsaturated/α-hetero) is 1. The predicted octanol–water partition coefficient (Wildman–Crippen LogP) is 1.19. The molecule has 0 atom stereocenters. The van der Waals surface area contributed by atoms with Crippen molar-refractivity contribution in [2.45, 2.75) is 6.42 Å². The van der Waals surface area contributed by atoms with Crippen LogP contribution in [0.3, 0.4) is 0 Å². The molecular weight excluding hydrogens is 170 g/mol. The van der Waals surface area contributed by atoms with Gasteiger partial charge in [0.25, 0.3) is 0 Å². The molecule has 2 N–H and O–H groups in total. The molecular formula is C9H7NO3. The molecule has 0 bridgehead atoms. The summed E-state index contributed by atoms with van der Waals surface area (Å²) < 4.78 is 0. The van der Waals surface area contributed by atoms with E-state index in [0.717, 1.165) is 6.07 Å². The molecule has 66 valence electrons. The zero-order chi connectivity index (χ0) is 9.84. The number of ketones is 1. The first-order chi connectivity index (χ1) is 6.15. The fraction of sp³-hybridized carbons (Fsp3) is 0.111. The van der Waals surface area contributed by atoms with E-state index >= 15 is 0 Å². The number of phenolic OH excluding ortho intramolecular Hbond substituents is 2. The molecule has 0 fully saturated rings. The average Bonchev–Trinajstić information content (AvgIpc) is 2.04. The molecule has 0 heterocycles. The molecule has 0 aliphatic heterocycles. The highest BCUT2D eigenvalue weighted by Crippen LogP contribution is 2.23. The lowest BCUT2D eigenvalue weighted by Gasteiger charge is -2.00. The van der Waals surface area contributed by atoms with Gasteiger partial charge in [0, 0.05) is 6.07 Å². The van der Waals surface area contributed by atoms with Crippen molar-refractivity contribution in [1.29, 1.82) is 5.26 Å². The van der Waals surface area contributed by atoms with Crippen LogP contribution in [0.25, 0.3) is 0 Å². The molecule has 1 rings (SSSR count). The summed E-state index contributed by atoms with van der Waals surface area (Å²) in [6.07, 6.45) is -0.279. The zero-order valence-electron chi connectivity index (χ0n) is 6.69. The number of phenols is 2. The van der Waals surface area contributed by atoms with Gasteiger partial charge in [0.2, 0.25) is 0 Å². The molecule has 1 aromatic rings. The third kappa shape index (κ3) is 1.97. The number of nitrogens with zero attached hydrogens (tertiary/aromatic N) is 1. The van der Waals surface area contributed by atoms with Crippen LogP contribution in [0.5, 0.6) is 11.5 Å². The number of nitriles is 1. The van der Waals surface area contributed by atoms with Gasteiger partial charge in [-0.2, -0.15) is 5.26 Å². The second-order valence-electron chi connectivity index (χ2n) is 2.46. The summed E-state index contributed by atoms with van der Waals surface area (Å²) in [6, 6.07) is 5.31. The van der Waals surface area contributed by atoms with E-state index in [2.05, 4.69) is 0 Å². The lowest BCUT2D eigenvalue weighted by atomic mass is 10.1. The molecule has 0 amide bonds. The number of rotatable bonds is 2. The molecule has 0 radical (unpaired) electrons. The lowest BCUT2D eigenvalue weighted by Crippen LogP contribution is -1.97. The van der Waals surface area contributed by atoms with Gasteiger partial charge in [-0.25, -0.2) is 0 Å². The lowest BCUT2D eigenvalue weighted by molar-refractivity contribution is 0.0995. The Bertz CT molecular complexity index is 379. The minimum absolute atomic E-state index is 0.0550. The van der Waals surface area contributed by atoms with E-state index in [4.69, 9.17) is 10.4 Å². The van der Waals surface area contributed by atoms with Gasteiger partial charge in [-0.1, -0.05) is 0 Å². The summed E-state index contributed by atoms with van der Waals surface area (Å²) >= 11 is 0. The van der Waals surface area contributed by atoms with Gasteiger partial charge in [-0.15, -0.1) is 0 Å². The van der Waals surface area contributed by atoms with Gasteiger partial charge in [0.05, 0.1) is 18.1 Å². The molecule has 0 saturated carbocycles. The van der Waals surface area contributed by atoms with Gasteiger partial charge >= 0.3 is 0 Å². The summed E-state index contributed by atoms with van der Waals surface area (Å²) in [5.41, 5.74) is 0.0550. The van der Waals surface area contributed by atoms with Crippen LogP contribution in [-0.4, -0.2) is 16.0 Å². The van der Waals surface area contributed by atoms with Crippen molar-refractivity contribution in [1.82, 2.24) is 0 Å². The van der Waals surface area contributed by atoms with E-state index in [1.54, 1.807) is 6.07 Å². The number of carbonyl (C=O) groups excluding carboxylic acids is 1. The molecule has 0 aromatic heterocycles. The number of carbonyl (C=O) groups is 1. The SMILES string of the molecule is N#CCC(=O)c1ccc(O)cc1O. The molecule has 0 spiro atoms. The van der Waals surface area contributed by atoms with Crippen LogP contribution in [0.15, 0.2) is 18.2 Å². The first kappa shape index (κ1) is 9.07. The Kier molecular flexibility index (Phi) is 2.50. The van der Waals surface area contributed by atoms with Crippen LogP contribution in [-0.2, 0) is 0 Å². The minimum Gasteiger partial charge on any atom is -0.508 e. The first-order valence-electron chi connectivity index (χ1n) is 3.57. The maximum atomic E-state index is 11.1. The topological polar surface area (TPSA) is 81.3 Å². The quantitative estimate of drug-likeness (QED) is 0.665. The summed E-state index contributed by atoms with van der Waals surface area (Å²) in [7, 11) is 0. The highest BCUT2D eigenvalue weighted by atomic mass is 16.3. The summed E-state index contributed by atoms with van der Waals surface area (Å²) in [5, 5.41) is 26.4. The average molecular weight is 177 g/mol. The third-order valence-corrected chi connectivity index (χ3v) is 1.52. The second kappa shape index (κ2) is 3.59. The Labute approximate surface area is 74.7 Å². The molecule has 4 nitrogen and oxygen atoms in total. The number of aromatic hydroxyl groups is 2. The van der Waals surface area contributed by atoms with Gasteiger partial charge < -0.3 is 10.2 Å². The Hall–Kier alpha value is -2.02. The largest absolute Gasteiger partial charge is 0.508 e. The van der Waals surface area contributed by atoms with E-state index in [1.165, 1.54) is 12.1 Å². The van der Waals surface area contributed by atoms with Crippen molar-refractivity contribution >= 4 is 5.78 Å². The van der Waals surface area contributed by atoms with Crippen molar-refractivity contribution in [3.63, 3.8) is 0 Å². The van der Waals surface area contributed by atoms with E-state index in [0.29, 0.717) is 0 Å². The standard InChI is InChI=1S/C9H7NO3/c10-4-3-8(12)7-2-1-6(11)5-9(7)13/h1-2,5,11,13H,3H2. The second-order valence-corrected chi connectivity index (χ2v) is 2.46. The molecule has 0 aliphatic rings. The highest BCUT2D eigenvalue weighted by Gasteiger charge is 2.10. The number of benzene rings is 1. The van der Waals surface area contributed by atoms with Gasteiger partial charge in [-0.05, 0) is 12.1 Å². The van der Waals surface area contributed by atoms with E-state index in [-0.39, 0.29) is 23.5 Å². The Balaban J connectivity index is 3.03. The van der Waals surface area contributed by atoms with Gasteiger partial charge in [-0.3, -0.25) is 4.79 Å². The number of hydrogen-bond donors (Lipinski definition) is 2. The van der Waals surface area contributed by atoms with Crippen LogP contribution >= 0.6 is 0 Å². The van der Waals surface area contributed by atoms with Crippen LogP contribution in [0, 0.1) is 11.3 Å². The van der Waals surface area contributed by atoms with Crippen LogP contribution in [0.2, 0.25) is 0 Å².